The molecule has 1 aromatic heterocycles. The second-order valence-electron chi connectivity index (χ2n) is 5.27. The minimum Gasteiger partial charge on any atom is -0.373 e. The number of nitrogens with zero attached hydrogens (tertiary/aromatic N) is 4. The summed E-state index contributed by atoms with van der Waals surface area (Å²) in [6, 6.07) is 7.89. The van der Waals surface area contributed by atoms with Crippen molar-refractivity contribution < 1.29 is 8.42 Å². The second kappa shape index (κ2) is 5.16. The summed E-state index contributed by atoms with van der Waals surface area (Å²) in [5.74, 6) is 0. The molecule has 0 radical (unpaired) electrons. The standard InChI is InChI=1S/C14H18N4O2S/c1-16-10-14(15-11-16)21(19,20)18-8-7-17(2)13-6-4-3-5-12(13)9-18/h3-6,10-11H,7-9H2,1-2H3. The monoisotopic (exact) mass is 306 g/mol. The third-order valence-corrected chi connectivity index (χ3v) is 5.45. The van der Waals surface area contributed by atoms with Crippen LogP contribution in [-0.2, 0) is 23.6 Å². The minimum absolute atomic E-state index is 0.104. The quantitative estimate of drug-likeness (QED) is 0.832. The molecule has 0 atom stereocenters. The van der Waals surface area contributed by atoms with Gasteiger partial charge >= 0.3 is 0 Å². The van der Waals surface area contributed by atoms with Crippen LogP contribution < -0.4 is 4.90 Å². The zero-order valence-electron chi connectivity index (χ0n) is 12.1. The van der Waals surface area contributed by atoms with Crippen molar-refractivity contribution in [1.82, 2.24) is 13.9 Å². The van der Waals surface area contributed by atoms with E-state index in [0.717, 1.165) is 11.3 Å². The van der Waals surface area contributed by atoms with Crippen LogP contribution in [0.3, 0.4) is 0 Å². The van der Waals surface area contributed by atoms with E-state index in [-0.39, 0.29) is 5.03 Å². The number of aromatic nitrogens is 2. The number of hydrogen-bond donors (Lipinski definition) is 0. The molecule has 0 amide bonds. The van der Waals surface area contributed by atoms with Gasteiger partial charge in [-0.15, -0.1) is 0 Å². The van der Waals surface area contributed by atoms with Gasteiger partial charge in [-0.3, -0.25) is 0 Å². The van der Waals surface area contributed by atoms with Gasteiger partial charge < -0.3 is 9.47 Å². The number of imidazole rings is 1. The lowest BCUT2D eigenvalue weighted by Crippen LogP contribution is -2.34. The Bertz CT molecular complexity index is 754. The smallest absolute Gasteiger partial charge is 0.262 e. The number of aryl methyl sites for hydroxylation is 1. The van der Waals surface area contributed by atoms with E-state index in [1.54, 1.807) is 11.6 Å². The highest BCUT2D eigenvalue weighted by atomic mass is 32.2. The average molecular weight is 306 g/mol. The second-order valence-corrected chi connectivity index (χ2v) is 7.15. The predicted octanol–water partition coefficient (Wildman–Crippen LogP) is 1.06. The first-order valence-electron chi connectivity index (χ1n) is 6.75. The number of sulfonamides is 1. The molecule has 1 aromatic carbocycles. The summed E-state index contributed by atoms with van der Waals surface area (Å²) in [5.41, 5.74) is 2.09. The Balaban J connectivity index is 1.98. The van der Waals surface area contributed by atoms with E-state index >= 15 is 0 Å². The third kappa shape index (κ3) is 2.54. The zero-order valence-corrected chi connectivity index (χ0v) is 12.9. The van der Waals surface area contributed by atoms with Gasteiger partial charge in [0, 0.05) is 45.6 Å². The molecule has 2 aromatic rings. The Hall–Kier alpha value is -1.86. The summed E-state index contributed by atoms with van der Waals surface area (Å²) >= 11 is 0. The molecule has 1 aliphatic heterocycles. The van der Waals surface area contributed by atoms with Crippen molar-refractivity contribution in [1.29, 1.82) is 0 Å². The molecule has 1 aliphatic rings. The van der Waals surface area contributed by atoms with Gasteiger partial charge in [0.1, 0.15) is 0 Å². The molecule has 2 heterocycles. The van der Waals surface area contributed by atoms with E-state index in [2.05, 4.69) is 9.88 Å². The molecule has 3 rings (SSSR count). The summed E-state index contributed by atoms with van der Waals surface area (Å²) in [5, 5.41) is 0.104. The van der Waals surface area contributed by atoms with Crippen molar-refractivity contribution >= 4 is 15.7 Å². The van der Waals surface area contributed by atoms with Crippen molar-refractivity contribution in [2.24, 2.45) is 7.05 Å². The molecule has 0 bridgehead atoms. The highest BCUT2D eigenvalue weighted by Gasteiger charge is 2.29. The highest BCUT2D eigenvalue weighted by Crippen LogP contribution is 2.26. The van der Waals surface area contributed by atoms with Crippen LogP contribution >= 0.6 is 0 Å². The predicted molar refractivity (Wildman–Crippen MR) is 80.5 cm³/mol. The van der Waals surface area contributed by atoms with Crippen molar-refractivity contribution in [2.75, 3.05) is 25.0 Å². The molecular formula is C14H18N4O2S. The Labute approximate surface area is 124 Å². The Morgan fingerprint density at radius 1 is 1.14 bits per heavy atom. The Morgan fingerprint density at radius 3 is 2.62 bits per heavy atom. The molecule has 0 unspecified atom stereocenters. The number of hydrogen-bond acceptors (Lipinski definition) is 4. The minimum atomic E-state index is -3.56. The molecule has 0 fully saturated rings. The van der Waals surface area contributed by atoms with Gasteiger partial charge in [-0.05, 0) is 11.6 Å². The number of fused-ring (bicyclic) bond motifs is 1. The van der Waals surface area contributed by atoms with Crippen LogP contribution in [0.4, 0.5) is 5.69 Å². The first kappa shape index (κ1) is 14.1. The van der Waals surface area contributed by atoms with E-state index < -0.39 is 10.0 Å². The first-order chi connectivity index (χ1) is 9.98. The van der Waals surface area contributed by atoms with Crippen molar-refractivity contribution in [3.05, 3.63) is 42.4 Å². The summed E-state index contributed by atoms with van der Waals surface area (Å²) in [6.45, 7) is 1.48. The Kier molecular flexibility index (Phi) is 3.46. The fraction of sp³-hybridized carbons (Fsp3) is 0.357. The van der Waals surface area contributed by atoms with Crippen LogP contribution in [0.1, 0.15) is 5.56 Å². The lowest BCUT2D eigenvalue weighted by Gasteiger charge is -2.19. The highest BCUT2D eigenvalue weighted by molar-refractivity contribution is 7.89. The van der Waals surface area contributed by atoms with Gasteiger partial charge in [-0.1, -0.05) is 18.2 Å². The Morgan fingerprint density at radius 2 is 1.90 bits per heavy atom. The zero-order chi connectivity index (χ0) is 15.0. The van der Waals surface area contributed by atoms with E-state index in [9.17, 15) is 8.42 Å². The van der Waals surface area contributed by atoms with Gasteiger partial charge in [0.25, 0.3) is 10.0 Å². The van der Waals surface area contributed by atoms with E-state index in [0.29, 0.717) is 19.6 Å². The lowest BCUT2D eigenvalue weighted by atomic mass is 10.1. The van der Waals surface area contributed by atoms with Crippen molar-refractivity contribution in [3.63, 3.8) is 0 Å². The SMILES string of the molecule is CN1CCN(S(=O)(=O)c2cn(C)cn2)Cc2ccccc21. The topological polar surface area (TPSA) is 58.4 Å². The molecule has 0 spiro atoms. The first-order valence-corrected chi connectivity index (χ1v) is 8.19. The van der Waals surface area contributed by atoms with Crippen molar-refractivity contribution in [3.8, 4) is 0 Å². The third-order valence-electron chi connectivity index (χ3n) is 3.72. The van der Waals surface area contributed by atoms with Crippen LogP contribution in [-0.4, -0.2) is 42.4 Å². The van der Waals surface area contributed by atoms with Crippen LogP contribution in [0.2, 0.25) is 0 Å². The fourth-order valence-corrected chi connectivity index (χ4v) is 3.90. The van der Waals surface area contributed by atoms with Crippen LogP contribution in [0.25, 0.3) is 0 Å². The van der Waals surface area contributed by atoms with E-state index in [4.69, 9.17) is 0 Å². The maximum atomic E-state index is 12.7. The van der Waals surface area contributed by atoms with Gasteiger partial charge in [0.05, 0.1) is 6.33 Å². The summed E-state index contributed by atoms with van der Waals surface area (Å²) in [4.78, 5) is 6.07. The number of rotatable bonds is 2. The maximum Gasteiger partial charge on any atom is 0.262 e. The largest absolute Gasteiger partial charge is 0.373 e. The number of para-hydroxylation sites is 1. The summed E-state index contributed by atoms with van der Waals surface area (Å²) in [7, 11) is 0.187. The van der Waals surface area contributed by atoms with E-state index in [1.165, 1.54) is 16.8 Å². The van der Waals surface area contributed by atoms with Gasteiger partial charge in [-0.2, -0.15) is 4.31 Å². The fourth-order valence-electron chi connectivity index (χ4n) is 2.53. The number of anilines is 1. The molecule has 0 N–H and O–H groups in total. The lowest BCUT2D eigenvalue weighted by molar-refractivity contribution is 0.418. The molecular weight excluding hydrogens is 288 g/mol. The summed E-state index contributed by atoms with van der Waals surface area (Å²) < 4.78 is 28.5. The van der Waals surface area contributed by atoms with Gasteiger partial charge in [-0.25, -0.2) is 13.4 Å². The summed E-state index contributed by atoms with van der Waals surface area (Å²) in [6.07, 6.45) is 3.04. The van der Waals surface area contributed by atoms with Crippen LogP contribution in [0.5, 0.6) is 0 Å². The molecule has 0 saturated heterocycles. The molecule has 6 nitrogen and oxygen atoms in total. The van der Waals surface area contributed by atoms with Crippen LogP contribution in [0.15, 0.2) is 41.8 Å². The molecule has 7 heteroatoms. The molecule has 0 saturated carbocycles. The number of benzene rings is 1. The molecule has 112 valence electrons. The van der Waals surface area contributed by atoms with Crippen LogP contribution in [0, 0.1) is 0 Å². The van der Waals surface area contributed by atoms with Gasteiger partial charge in [0.15, 0.2) is 5.03 Å². The number of likely N-dealkylation sites (N-methyl/N-ethyl adjacent to an activating group) is 1. The maximum absolute atomic E-state index is 12.7. The van der Waals surface area contributed by atoms with Crippen molar-refractivity contribution in [2.45, 2.75) is 11.6 Å². The molecule has 0 aliphatic carbocycles. The normalized spacial score (nSPS) is 16.6. The van der Waals surface area contributed by atoms with E-state index in [1.807, 2.05) is 31.3 Å². The molecule has 21 heavy (non-hydrogen) atoms. The average Bonchev–Trinajstić information content (AvgIpc) is 2.83. The van der Waals surface area contributed by atoms with Gasteiger partial charge in [0.2, 0.25) is 0 Å².